The number of imidazole rings is 1. The molecule has 0 aliphatic carbocycles. The number of fused-ring (bicyclic) bond motifs is 1. The molecule has 0 saturated carbocycles. The fraction of sp³-hybridized carbons (Fsp3) is 0.120. The molecule has 4 aromatic rings. The molecule has 4 rings (SSSR count). The summed E-state index contributed by atoms with van der Waals surface area (Å²) in [5, 5.41) is 9.75. The van der Waals surface area contributed by atoms with Crippen molar-refractivity contribution in [2.75, 3.05) is 7.11 Å². The van der Waals surface area contributed by atoms with Gasteiger partial charge in [-0.3, -0.25) is 0 Å². The molecule has 7 heteroatoms. The highest BCUT2D eigenvalue weighted by atomic mass is 79.9. The number of aryl methyl sites for hydroxylation is 1. The number of aromatic nitrogens is 2. The number of benzene rings is 3. The van der Waals surface area contributed by atoms with Crippen LogP contribution in [0.2, 0.25) is 0 Å². The van der Waals surface area contributed by atoms with Crippen LogP contribution in [0.1, 0.15) is 22.5 Å². The lowest BCUT2D eigenvalue weighted by molar-refractivity contribution is 0.282. The first-order valence-electron chi connectivity index (χ1n) is 9.80. The minimum atomic E-state index is 0.402. The van der Waals surface area contributed by atoms with Crippen molar-refractivity contribution in [1.29, 1.82) is 5.26 Å². The molecule has 0 unspecified atom stereocenters. The Labute approximate surface area is 203 Å². The van der Waals surface area contributed by atoms with E-state index in [9.17, 15) is 5.26 Å². The van der Waals surface area contributed by atoms with E-state index in [1.54, 1.807) is 13.2 Å². The van der Waals surface area contributed by atoms with Gasteiger partial charge in [0.15, 0.2) is 11.5 Å². The number of hydrogen-bond acceptors (Lipinski definition) is 4. The minimum Gasteiger partial charge on any atom is -0.493 e. The third-order valence-corrected chi connectivity index (χ3v) is 5.99. The second kappa shape index (κ2) is 9.60. The molecular formula is C25H19Br2N3O2. The van der Waals surface area contributed by atoms with Crippen molar-refractivity contribution in [1.82, 2.24) is 9.97 Å². The third kappa shape index (κ3) is 4.87. The second-order valence-corrected chi connectivity index (χ2v) is 9.00. The topological polar surface area (TPSA) is 70.9 Å². The van der Waals surface area contributed by atoms with Gasteiger partial charge in [-0.05, 0) is 82.0 Å². The van der Waals surface area contributed by atoms with Gasteiger partial charge in [-0.25, -0.2) is 4.98 Å². The van der Waals surface area contributed by atoms with Crippen molar-refractivity contribution in [3.63, 3.8) is 0 Å². The van der Waals surface area contributed by atoms with Crippen LogP contribution in [0.3, 0.4) is 0 Å². The summed E-state index contributed by atoms with van der Waals surface area (Å²) in [6, 6.07) is 19.9. The zero-order valence-corrected chi connectivity index (χ0v) is 20.6. The molecule has 1 aromatic heterocycles. The van der Waals surface area contributed by atoms with Gasteiger partial charge in [0.25, 0.3) is 0 Å². The molecule has 0 fully saturated rings. The lowest BCUT2D eigenvalue weighted by Crippen LogP contribution is -1.99. The average Bonchev–Trinajstić information content (AvgIpc) is 3.20. The highest BCUT2D eigenvalue weighted by Crippen LogP contribution is 2.38. The zero-order valence-electron chi connectivity index (χ0n) is 17.4. The van der Waals surface area contributed by atoms with Crippen molar-refractivity contribution < 1.29 is 9.47 Å². The van der Waals surface area contributed by atoms with Gasteiger partial charge in [-0.2, -0.15) is 5.26 Å². The van der Waals surface area contributed by atoms with E-state index in [2.05, 4.69) is 47.9 Å². The van der Waals surface area contributed by atoms with Crippen LogP contribution in [0, 0.1) is 18.3 Å². The predicted molar refractivity (Wildman–Crippen MR) is 133 cm³/mol. The molecule has 5 nitrogen and oxygen atoms in total. The van der Waals surface area contributed by atoms with Gasteiger partial charge in [-0.1, -0.05) is 34.1 Å². The third-order valence-electron chi connectivity index (χ3n) is 4.87. The van der Waals surface area contributed by atoms with Gasteiger partial charge in [0.05, 0.1) is 28.2 Å². The smallest absolute Gasteiger partial charge is 0.175 e. The number of halogens is 2. The molecule has 0 aliphatic rings. The minimum absolute atomic E-state index is 0.402. The van der Waals surface area contributed by atoms with Crippen LogP contribution in [0.5, 0.6) is 11.5 Å². The number of nitriles is 1. The maximum atomic E-state index is 9.75. The first-order chi connectivity index (χ1) is 15.5. The normalized spacial score (nSPS) is 11.4. The summed E-state index contributed by atoms with van der Waals surface area (Å²) in [6.07, 6.45) is 1.77. The number of H-pyrrole nitrogens is 1. The standard InChI is InChI=1S/C25H19Br2N3O2/c1-15-3-8-21-22(9-15)30-25(29-21)18(13-28)10-17-11-20(27)24(23(12-17)31-2)32-14-16-4-6-19(26)7-5-16/h3-12H,14H2,1-2H3,(H,29,30)/b18-10-. The quantitative estimate of drug-likeness (QED) is 0.260. The van der Waals surface area contributed by atoms with E-state index < -0.39 is 0 Å². The number of nitrogens with one attached hydrogen (secondary N) is 1. The molecule has 0 atom stereocenters. The van der Waals surface area contributed by atoms with Gasteiger partial charge >= 0.3 is 0 Å². The van der Waals surface area contributed by atoms with Crippen molar-refractivity contribution in [2.45, 2.75) is 13.5 Å². The van der Waals surface area contributed by atoms with Gasteiger partial charge < -0.3 is 14.5 Å². The van der Waals surface area contributed by atoms with Crippen LogP contribution in [-0.4, -0.2) is 17.1 Å². The van der Waals surface area contributed by atoms with Crippen LogP contribution in [0.25, 0.3) is 22.7 Å². The molecule has 3 aromatic carbocycles. The van der Waals surface area contributed by atoms with Gasteiger partial charge in [0.2, 0.25) is 0 Å². The van der Waals surface area contributed by atoms with Crippen LogP contribution >= 0.6 is 31.9 Å². The number of ether oxygens (including phenoxy) is 2. The van der Waals surface area contributed by atoms with Crippen LogP contribution < -0.4 is 9.47 Å². The second-order valence-electron chi connectivity index (χ2n) is 7.23. The Balaban J connectivity index is 1.63. The first kappa shape index (κ1) is 22.1. The molecule has 0 bridgehead atoms. The van der Waals surface area contributed by atoms with E-state index in [1.807, 2.05) is 61.5 Å². The van der Waals surface area contributed by atoms with Crippen molar-refractivity contribution in [2.24, 2.45) is 0 Å². The molecule has 160 valence electrons. The molecule has 0 saturated heterocycles. The molecule has 0 radical (unpaired) electrons. The van der Waals surface area contributed by atoms with E-state index in [-0.39, 0.29) is 0 Å². The summed E-state index contributed by atoms with van der Waals surface area (Å²) in [5.41, 5.74) is 5.11. The summed E-state index contributed by atoms with van der Waals surface area (Å²) in [7, 11) is 1.59. The Hall–Kier alpha value is -3.08. The fourth-order valence-corrected chi connectivity index (χ4v) is 4.11. The van der Waals surface area contributed by atoms with Crippen molar-refractivity contribution >= 4 is 54.5 Å². The maximum Gasteiger partial charge on any atom is 0.175 e. The van der Waals surface area contributed by atoms with Crippen molar-refractivity contribution in [3.8, 4) is 17.6 Å². The van der Waals surface area contributed by atoms with E-state index in [0.717, 1.165) is 36.7 Å². The Kier molecular flexibility index (Phi) is 6.63. The van der Waals surface area contributed by atoms with Crippen LogP contribution in [0.4, 0.5) is 0 Å². The highest BCUT2D eigenvalue weighted by Gasteiger charge is 2.14. The predicted octanol–water partition coefficient (Wildman–Crippen LogP) is 7.05. The average molecular weight is 553 g/mol. The Bertz CT molecular complexity index is 1350. The molecule has 0 aliphatic heterocycles. The number of methoxy groups -OCH3 is 1. The van der Waals surface area contributed by atoms with Crippen molar-refractivity contribution in [3.05, 3.63) is 86.1 Å². The van der Waals surface area contributed by atoms with Gasteiger partial charge in [0.1, 0.15) is 18.5 Å². The number of nitrogens with zero attached hydrogens (tertiary/aromatic N) is 2. The molecule has 0 amide bonds. The Morgan fingerprint density at radius 2 is 1.91 bits per heavy atom. The van der Waals surface area contributed by atoms with Gasteiger partial charge in [-0.15, -0.1) is 0 Å². The maximum absolute atomic E-state index is 9.75. The summed E-state index contributed by atoms with van der Waals surface area (Å²) < 4.78 is 13.3. The summed E-state index contributed by atoms with van der Waals surface area (Å²) in [4.78, 5) is 7.79. The van der Waals surface area contributed by atoms with Crippen LogP contribution in [0.15, 0.2) is 63.5 Å². The number of aromatic amines is 1. The van der Waals surface area contributed by atoms with Crippen LogP contribution in [-0.2, 0) is 6.61 Å². The van der Waals surface area contributed by atoms with Gasteiger partial charge in [0, 0.05) is 4.47 Å². The molecule has 32 heavy (non-hydrogen) atoms. The zero-order chi connectivity index (χ0) is 22.7. The molecule has 1 heterocycles. The van der Waals surface area contributed by atoms with E-state index >= 15 is 0 Å². The highest BCUT2D eigenvalue weighted by molar-refractivity contribution is 9.10. The molecular weight excluding hydrogens is 534 g/mol. The molecule has 1 N–H and O–H groups in total. The summed E-state index contributed by atoms with van der Waals surface area (Å²) >= 11 is 7.02. The SMILES string of the molecule is COc1cc(/C=C(/C#N)c2nc3ccc(C)cc3[nH]2)cc(Br)c1OCc1ccc(Br)cc1. The van der Waals surface area contributed by atoms with E-state index in [1.165, 1.54) is 0 Å². The Morgan fingerprint density at radius 1 is 1.12 bits per heavy atom. The number of rotatable bonds is 6. The molecule has 0 spiro atoms. The largest absolute Gasteiger partial charge is 0.493 e. The Morgan fingerprint density at radius 3 is 2.62 bits per heavy atom. The summed E-state index contributed by atoms with van der Waals surface area (Å²) in [6.45, 7) is 2.42. The van der Waals surface area contributed by atoms with E-state index in [4.69, 9.17) is 9.47 Å². The lowest BCUT2D eigenvalue weighted by Gasteiger charge is -2.14. The summed E-state index contributed by atoms with van der Waals surface area (Å²) in [5.74, 6) is 1.70. The number of allylic oxidation sites excluding steroid dienone is 1. The first-order valence-corrected chi connectivity index (χ1v) is 11.4. The lowest BCUT2D eigenvalue weighted by atomic mass is 10.1. The van der Waals surface area contributed by atoms with E-state index in [0.29, 0.717) is 29.5 Å². The fourth-order valence-electron chi connectivity index (χ4n) is 3.27. The number of hydrogen-bond donors (Lipinski definition) is 1. The monoisotopic (exact) mass is 551 g/mol.